The summed E-state index contributed by atoms with van der Waals surface area (Å²) in [4.78, 5) is 24.3. The smallest absolute Gasteiger partial charge is 0.459 e. The predicted octanol–water partition coefficient (Wildman–Crippen LogP) is 3.50. The van der Waals surface area contributed by atoms with Gasteiger partial charge in [-0.2, -0.15) is 5.09 Å². The number of carbonyl (C=O) groups is 1. The number of anilines is 1. The summed E-state index contributed by atoms with van der Waals surface area (Å²) in [6.07, 6.45) is 0.575. The molecule has 14 heteroatoms. The SMILES string of the molecule is CC(C)CC(NP(=O)(OCC1CC(O)[C@H](n2cnc3c(N)ncnc32)O1)Oc1cccc2ccccc12)C(=O)O. The Morgan fingerprint density at radius 3 is 2.77 bits per heavy atom. The lowest BCUT2D eigenvalue weighted by Gasteiger charge is -2.26. The highest BCUT2D eigenvalue weighted by molar-refractivity contribution is 7.52. The van der Waals surface area contributed by atoms with Gasteiger partial charge in [-0.1, -0.05) is 50.2 Å². The second kappa shape index (κ2) is 11.5. The average molecular weight is 571 g/mol. The van der Waals surface area contributed by atoms with Crippen LogP contribution in [0, 0.1) is 5.92 Å². The fourth-order valence-corrected chi connectivity index (χ4v) is 6.25. The van der Waals surface area contributed by atoms with Crippen LogP contribution in [-0.4, -0.2) is 60.6 Å². The molecule has 5 atom stereocenters. The second-order valence-corrected chi connectivity index (χ2v) is 11.7. The van der Waals surface area contributed by atoms with E-state index in [1.54, 1.807) is 16.7 Å². The van der Waals surface area contributed by atoms with Crippen molar-refractivity contribution in [3.8, 4) is 5.75 Å². The molecular weight excluding hydrogens is 539 g/mol. The van der Waals surface area contributed by atoms with Gasteiger partial charge < -0.3 is 25.2 Å². The summed E-state index contributed by atoms with van der Waals surface area (Å²) in [5.74, 6) is -0.713. The lowest BCUT2D eigenvalue weighted by atomic mass is 10.1. The number of carboxylic acids is 1. The van der Waals surface area contributed by atoms with Crippen molar-refractivity contribution in [2.24, 2.45) is 5.92 Å². The van der Waals surface area contributed by atoms with Crippen molar-refractivity contribution in [1.82, 2.24) is 24.6 Å². The fraction of sp³-hybridized carbons (Fsp3) is 0.385. The van der Waals surface area contributed by atoms with Crippen LogP contribution in [0.3, 0.4) is 0 Å². The number of aliphatic hydroxyl groups excluding tert-OH is 1. The van der Waals surface area contributed by atoms with Crippen molar-refractivity contribution in [2.75, 3.05) is 12.3 Å². The van der Waals surface area contributed by atoms with E-state index < -0.39 is 38.2 Å². The zero-order valence-corrected chi connectivity index (χ0v) is 22.8. The zero-order valence-electron chi connectivity index (χ0n) is 22.0. The van der Waals surface area contributed by atoms with Gasteiger partial charge >= 0.3 is 13.7 Å². The lowest BCUT2D eigenvalue weighted by Crippen LogP contribution is -2.37. The van der Waals surface area contributed by atoms with Gasteiger partial charge in [0.2, 0.25) is 0 Å². The number of imidazole rings is 1. The number of hydrogen-bond acceptors (Lipinski definition) is 10. The third-order valence-corrected chi connectivity index (χ3v) is 8.10. The first kappa shape index (κ1) is 27.9. The number of nitrogens with one attached hydrogen (secondary N) is 1. The number of ether oxygens (including phenoxy) is 1. The number of hydrogen-bond donors (Lipinski definition) is 4. The Kier molecular flexibility index (Phi) is 8.02. The van der Waals surface area contributed by atoms with Crippen molar-refractivity contribution >= 4 is 41.5 Å². The summed E-state index contributed by atoms with van der Waals surface area (Å²) in [5, 5.41) is 24.7. The first-order valence-electron chi connectivity index (χ1n) is 12.8. The molecule has 40 heavy (non-hydrogen) atoms. The van der Waals surface area contributed by atoms with Gasteiger partial charge in [0.1, 0.15) is 29.7 Å². The summed E-state index contributed by atoms with van der Waals surface area (Å²) in [7, 11) is -4.26. The van der Waals surface area contributed by atoms with Crippen LogP contribution in [0.5, 0.6) is 5.75 Å². The normalized spacial score (nSPS) is 21.6. The van der Waals surface area contributed by atoms with Gasteiger partial charge in [-0.3, -0.25) is 13.9 Å². The highest BCUT2D eigenvalue weighted by atomic mass is 31.2. The Balaban J connectivity index is 1.37. The largest absolute Gasteiger partial charge is 0.480 e. The minimum atomic E-state index is -4.26. The molecule has 4 aromatic rings. The molecule has 0 radical (unpaired) electrons. The van der Waals surface area contributed by atoms with Gasteiger partial charge in [-0.15, -0.1) is 0 Å². The van der Waals surface area contributed by atoms with Crippen molar-refractivity contribution in [3.63, 3.8) is 0 Å². The zero-order chi connectivity index (χ0) is 28.4. The minimum Gasteiger partial charge on any atom is -0.480 e. The Hall–Kier alpha value is -3.61. The van der Waals surface area contributed by atoms with Crippen LogP contribution >= 0.6 is 7.75 Å². The van der Waals surface area contributed by atoms with Crippen LogP contribution in [-0.2, 0) is 18.6 Å². The first-order valence-corrected chi connectivity index (χ1v) is 14.4. The van der Waals surface area contributed by atoms with E-state index in [0.29, 0.717) is 16.6 Å². The van der Waals surface area contributed by atoms with E-state index in [-0.39, 0.29) is 36.9 Å². The summed E-state index contributed by atoms with van der Waals surface area (Å²) >= 11 is 0. The maximum atomic E-state index is 14.1. The minimum absolute atomic E-state index is 0.00322. The van der Waals surface area contributed by atoms with Gasteiger partial charge in [-0.05, 0) is 23.8 Å². The van der Waals surface area contributed by atoms with Gasteiger partial charge in [0.25, 0.3) is 0 Å². The van der Waals surface area contributed by atoms with E-state index >= 15 is 0 Å². The molecule has 0 amide bonds. The van der Waals surface area contributed by atoms with Gasteiger partial charge in [0.05, 0.1) is 19.0 Å². The number of nitrogens with zero attached hydrogens (tertiary/aromatic N) is 4. The number of nitrogen functional groups attached to an aromatic ring is 1. The van der Waals surface area contributed by atoms with E-state index in [2.05, 4.69) is 20.0 Å². The molecule has 0 saturated carbocycles. The number of fused-ring (bicyclic) bond motifs is 2. The van der Waals surface area contributed by atoms with E-state index in [1.807, 2.05) is 44.2 Å². The van der Waals surface area contributed by atoms with Crippen LogP contribution in [0.4, 0.5) is 5.82 Å². The monoisotopic (exact) mass is 570 g/mol. The molecule has 1 fully saturated rings. The fourth-order valence-electron chi connectivity index (χ4n) is 4.69. The van der Waals surface area contributed by atoms with Crippen molar-refractivity contribution in [1.29, 1.82) is 0 Å². The molecule has 4 unspecified atom stereocenters. The van der Waals surface area contributed by atoms with Gasteiger partial charge in [-0.25, -0.2) is 19.5 Å². The summed E-state index contributed by atoms with van der Waals surface area (Å²) < 4.78 is 33.4. The third kappa shape index (κ3) is 5.93. The Morgan fingerprint density at radius 1 is 1.23 bits per heavy atom. The Labute approximate surface area is 229 Å². The van der Waals surface area contributed by atoms with E-state index in [1.165, 1.54) is 12.7 Å². The maximum Gasteiger partial charge on any atom is 0.459 e. The summed E-state index contributed by atoms with van der Waals surface area (Å²) in [6.45, 7) is 3.47. The van der Waals surface area contributed by atoms with Crippen molar-refractivity contribution in [3.05, 3.63) is 55.1 Å². The van der Waals surface area contributed by atoms with Crippen LogP contribution in [0.15, 0.2) is 55.1 Å². The number of aliphatic hydroxyl groups is 1. The molecule has 0 spiro atoms. The molecular formula is C26H31N6O7P. The van der Waals surface area contributed by atoms with E-state index in [0.717, 1.165) is 5.39 Å². The third-order valence-electron chi connectivity index (χ3n) is 6.54. The Bertz CT molecular complexity index is 1560. The van der Waals surface area contributed by atoms with Crippen LogP contribution in [0.25, 0.3) is 21.9 Å². The average Bonchev–Trinajstić information content (AvgIpc) is 3.51. The number of aromatic nitrogens is 4. The maximum absolute atomic E-state index is 14.1. The number of carboxylic acid groups (broad SMARTS) is 1. The van der Waals surface area contributed by atoms with Crippen LogP contribution < -0.4 is 15.3 Å². The molecule has 0 bridgehead atoms. The first-order chi connectivity index (χ1) is 19.1. The molecule has 1 aliphatic rings. The molecule has 1 saturated heterocycles. The van der Waals surface area contributed by atoms with Crippen molar-refractivity contribution < 1.29 is 33.4 Å². The molecule has 5 N–H and O–H groups in total. The molecule has 2 aromatic heterocycles. The number of rotatable bonds is 11. The molecule has 13 nitrogen and oxygen atoms in total. The number of aliphatic carboxylic acids is 1. The van der Waals surface area contributed by atoms with Gasteiger partial charge in [0, 0.05) is 11.8 Å². The molecule has 5 rings (SSSR count). The number of benzene rings is 2. The molecule has 0 aliphatic carbocycles. The highest BCUT2D eigenvalue weighted by Crippen LogP contribution is 2.48. The standard InChI is InChI=1S/C26H31N6O7P/c1-15(2)10-19(26(34)35)31-40(36,39-21-9-5-7-16-6-3-4-8-18(16)21)37-12-17-11-20(33)25(38-17)32-14-30-22-23(27)28-13-29-24(22)32/h3-9,13-15,17,19-20,25,33H,10-12H2,1-2H3,(H,31,36)(H,34,35)(H2,27,28,29)/t17?,19?,20?,25-,40?/m1/s1. The molecule has 212 valence electrons. The van der Waals surface area contributed by atoms with Crippen LogP contribution in [0.2, 0.25) is 0 Å². The Morgan fingerprint density at radius 2 is 2.00 bits per heavy atom. The second-order valence-electron chi connectivity index (χ2n) is 10.0. The molecule has 1 aliphatic heterocycles. The quantitative estimate of drug-likeness (QED) is 0.193. The van der Waals surface area contributed by atoms with E-state index in [9.17, 15) is 19.6 Å². The highest BCUT2D eigenvalue weighted by Gasteiger charge is 2.40. The number of nitrogens with two attached hydrogens (primary N) is 1. The molecule has 2 aromatic carbocycles. The summed E-state index contributed by atoms with van der Waals surface area (Å²) in [6, 6.07) is 11.5. The van der Waals surface area contributed by atoms with Crippen molar-refractivity contribution in [2.45, 2.75) is 51.2 Å². The van der Waals surface area contributed by atoms with E-state index in [4.69, 9.17) is 19.5 Å². The lowest BCUT2D eigenvalue weighted by molar-refractivity contribution is -0.139. The topological polar surface area (TPSA) is 184 Å². The van der Waals surface area contributed by atoms with Crippen LogP contribution in [0.1, 0.15) is 32.9 Å². The summed E-state index contributed by atoms with van der Waals surface area (Å²) in [5.41, 5.74) is 6.64. The predicted molar refractivity (Wildman–Crippen MR) is 146 cm³/mol. The van der Waals surface area contributed by atoms with Gasteiger partial charge in [0.15, 0.2) is 17.7 Å². The molecule has 3 heterocycles.